The first-order valence-electron chi connectivity index (χ1n) is 9.84. The average Bonchev–Trinajstić information content (AvgIpc) is 3.21. The SMILES string of the molecule is CC[C@@H]1CCCN(c2ccc3ccccc3c2C(=O)N2CCCC2)C1. The summed E-state index contributed by atoms with van der Waals surface area (Å²) in [4.78, 5) is 17.9. The van der Waals surface area contributed by atoms with Gasteiger partial charge in [0.25, 0.3) is 5.91 Å². The van der Waals surface area contributed by atoms with E-state index in [4.69, 9.17) is 0 Å². The number of carbonyl (C=O) groups excluding carboxylic acids is 1. The van der Waals surface area contributed by atoms with Crippen LogP contribution in [-0.2, 0) is 0 Å². The van der Waals surface area contributed by atoms with Crippen LogP contribution in [0.15, 0.2) is 36.4 Å². The number of carbonyl (C=O) groups is 1. The predicted molar refractivity (Wildman–Crippen MR) is 104 cm³/mol. The molecule has 3 heteroatoms. The van der Waals surface area contributed by atoms with Crippen LogP contribution in [0.4, 0.5) is 5.69 Å². The van der Waals surface area contributed by atoms with Crippen LogP contribution in [0.2, 0.25) is 0 Å². The Morgan fingerprint density at radius 2 is 1.84 bits per heavy atom. The summed E-state index contributed by atoms with van der Waals surface area (Å²) in [5.74, 6) is 0.970. The molecule has 0 aromatic heterocycles. The first kappa shape index (κ1) is 16.4. The third-order valence-electron chi connectivity index (χ3n) is 5.95. The highest BCUT2D eigenvalue weighted by molar-refractivity contribution is 6.12. The van der Waals surface area contributed by atoms with Crippen LogP contribution >= 0.6 is 0 Å². The van der Waals surface area contributed by atoms with Crippen molar-refractivity contribution in [2.45, 2.75) is 39.0 Å². The molecular formula is C22H28N2O. The molecule has 0 unspecified atom stereocenters. The first-order valence-corrected chi connectivity index (χ1v) is 9.84. The lowest BCUT2D eigenvalue weighted by Crippen LogP contribution is -2.37. The number of amides is 1. The van der Waals surface area contributed by atoms with Gasteiger partial charge in [-0.3, -0.25) is 4.79 Å². The molecule has 0 bridgehead atoms. The zero-order chi connectivity index (χ0) is 17.2. The minimum atomic E-state index is 0.225. The molecule has 2 aromatic carbocycles. The number of likely N-dealkylation sites (tertiary alicyclic amines) is 1. The third kappa shape index (κ3) is 3.12. The lowest BCUT2D eigenvalue weighted by molar-refractivity contribution is 0.0795. The van der Waals surface area contributed by atoms with Crippen molar-refractivity contribution in [3.8, 4) is 0 Å². The monoisotopic (exact) mass is 336 g/mol. The van der Waals surface area contributed by atoms with E-state index in [0.29, 0.717) is 0 Å². The molecule has 0 aliphatic carbocycles. The Hall–Kier alpha value is -2.03. The molecule has 1 amide bonds. The van der Waals surface area contributed by atoms with E-state index >= 15 is 0 Å². The number of hydrogen-bond donors (Lipinski definition) is 0. The summed E-state index contributed by atoms with van der Waals surface area (Å²) in [5, 5.41) is 2.27. The van der Waals surface area contributed by atoms with E-state index in [1.807, 2.05) is 4.90 Å². The van der Waals surface area contributed by atoms with Crippen molar-refractivity contribution < 1.29 is 4.79 Å². The van der Waals surface area contributed by atoms with Crippen LogP contribution in [0.1, 0.15) is 49.4 Å². The summed E-state index contributed by atoms with van der Waals surface area (Å²) in [7, 11) is 0. The van der Waals surface area contributed by atoms with Gasteiger partial charge in [0.1, 0.15) is 0 Å². The zero-order valence-corrected chi connectivity index (χ0v) is 15.2. The summed E-state index contributed by atoms with van der Waals surface area (Å²) >= 11 is 0. The van der Waals surface area contributed by atoms with Gasteiger partial charge in [0, 0.05) is 26.2 Å². The molecule has 4 rings (SSSR count). The molecule has 1 atom stereocenters. The molecule has 25 heavy (non-hydrogen) atoms. The van der Waals surface area contributed by atoms with Gasteiger partial charge in [0.2, 0.25) is 0 Å². The second-order valence-electron chi connectivity index (χ2n) is 7.54. The largest absolute Gasteiger partial charge is 0.371 e. The van der Waals surface area contributed by atoms with Crippen LogP contribution in [0.3, 0.4) is 0 Å². The molecule has 0 N–H and O–H groups in total. The maximum Gasteiger partial charge on any atom is 0.256 e. The molecule has 2 aliphatic rings. The molecule has 2 saturated heterocycles. The van der Waals surface area contributed by atoms with Crippen molar-refractivity contribution in [1.82, 2.24) is 4.90 Å². The summed E-state index contributed by atoms with van der Waals surface area (Å²) in [6, 6.07) is 12.7. The topological polar surface area (TPSA) is 23.6 Å². The van der Waals surface area contributed by atoms with E-state index in [-0.39, 0.29) is 5.91 Å². The molecule has 132 valence electrons. The van der Waals surface area contributed by atoms with Crippen LogP contribution in [0, 0.1) is 5.92 Å². The second kappa shape index (κ2) is 7.07. The zero-order valence-electron chi connectivity index (χ0n) is 15.2. The van der Waals surface area contributed by atoms with Gasteiger partial charge in [0.05, 0.1) is 11.3 Å². The Morgan fingerprint density at radius 1 is 1.04 bits per heavy atom. The normalized spacial score (nSPS) is 21.1. The van der Waals surface area contributed by atoms with Crippen LogP contribution < -0.4 is 4.90 Å². The van der Waals surface area contributed by atoms with Gasteiger partial charge in [0.15, 0.2) is 0 Å². The number of hydrogen-bond acceptors (Lipinski definition) is 2. The smallest absolute Gasteiger partial charge is 0.256 e. The van der Waals surface area contributed by atoms with Crippen molar-refractivity contribution in [3.05, 3.63) is 42.0 Å². The van der Waals surface area contributed by atoms with Gasteiger partial charge in [-0.15, -0.1) is 0 Å². The first-order chi connectivity index (χ1) is 12.3. The molecule has 2 heterocycles. The van der Waals surface area contributed by atoms with Gasteiger partial charge in [-0.25, -0.2) is 0 Å². The number of nitrogens with zero attached hydrogens (tertiary/aromatic N) is 2. The van der Waals surface area contributed by atoms with Gasteiger partial charge in [-0.2, -0.15) is 0 Å². The van der Waals surface area contributed by atoms with Crippen molar-refractivity contribution in [3.63, 3.8) is 0 Å². The van der Waals surface area contributed by atoms with E-state index in [1.165, 1.54) is 19.3 Å². The van der Waals surface area contributed by atoms with E-state index in [2.05, 4.69) is 48.2 Å². The summed E-state index contributed by atoms with van der Waals surface area (Å²) in [6.45, 7) is 6.23. The minimum absolute atomic E-state index is 0.225. The molecule has 2 aromatic rings. The standard InChI is InChI=1S/C22H28N2O/c1-2-17-8-7-15-24(16-17)20-12-11-18-9-3-4-10-19(18)21(20)22(25)23-13-5-6-14-23/h3-4,9-12,17H,2,5-8,13-16H2,1H3/t17-/m1/s1. The fourth-order valence-corrected chi connectivity index (χ4v) is 4.44. The van der Waals surface area contributed by atoms with Gasteiger partial charge in [-0.05, 0) is 48.4 Å². The maximum atomic E-state index is 13.4. The molecule has 0 radical (unpaired) electrons. The summed E-state index contributed by atoms with van der Waals surface area (Å²) < 4.78 is 0. The Balaban J connectivity index is 1.80. The van der Waals surface area contributed by atoms with Gasteiger partial charge in [-0.1, -0.05) is 43.7 Å². The fourth-order valence-electron chi connectivity index (χ4n) is 4.44. The van der Waals surface area contributed by atoms with Crippen LogP contribution in [0.25, 0.3) is 10.8 Å². The Labute approximate surface area is 150 Å². The molecule has 3 nitrogen and oxygen atoms in total. The van der Waals surface area contributed by atoms with Gasteiger partial charge < -0.3 is 9.80 Å². The quantitative estimate of drug-likeness (QED) is 0.811. The maximum absolute atomic E-state index is 13.4. The Morgan fingerprint density at radius 3 is 2.64 bits per heavy atom. The lowest BCUT2D eigenvalue weighted by Gasteiger charge is -2.35. The van der Waals surface area contributed by atoms with Crippen molar-refractivity contribution in [2.24, 2.45) is 5.92 Å². The van der Waals surface area contributed by atoms with Crippen molar-refractivity contribution >= 4 is 22.4 Å². The summed E-state index contributed by atoms with van der Waals surface area (Å²) in [6.07, 6.45) is 6.03. The number of piperidine rings is 1. The van der Waals surface area contributed by atoms with E-state index in [1.54, 1.807) is 0 Å². The van der Waals surface area contributed by atoms with E-state index in [9.17, 15) is 4.79 Å². The lowest BCUT2D eigenvalue weighted by atomic mass is 9.93. The average molecular weight is 336 g/mol. The predicted octanol–water partition coefficient (Wildman–Crippen LogP) is 4.70. The Kier molecular flexibility index (Phi) is 4.65. The number of rotatable bonds is 3. The number of anilines is 1. The fraction of sp³-hybridized carbons (Fsp3) is 0.500. The molecular weight excluding hydrogens is 308 g/mol. The highest BCUT2D eigenvalue weighted by atomic mass is 16.2. The summed E-state index contributed by atoms with van der Waals surface area (Å²) in [5.41, 5.74) is 2.07. The molecule has 0 saturated carbocycles. The third-order valence-corrected chi connectivity index (χ3v) is 5.95. The van der Waals surface area contributed by atoms with Crippen molar-refractivity contribution in [2.75, 3.05) is 31.1 Å². The molecule has 0 spiro atoms. The highest BCUT2D eigenvalue weighted by Crippen LogP contribution is 2.34. The Bertz CT molecular complexity index is 764. The number of fused-ring (bicyclic) bond motifs is 1. The second-order valence-corrected chi connectivity index (χ2v) is 7.54. The van der Waals surface area contributed by atoms with Gasteiger partial charge >= 0.3 is 0 Å². The highest BCUT2D eigenvalue weighted by Gasteiger charge is 2.28. The number of benzene rings is 2. The molecule has 2 aliphatic heterocycles. The van der Waals surface area contributed by atoms with E-state index < -0.39 is 0 Å². The minimum Gasteiger partial charge on any atom is -0.371 e. The molecule has 2 fully saturated rings. The van der Waals surface area contributed by atoms with Crippen molar-refractivity contribution in [1.29, 1.82) is 0 Å². The van der Waals surface area contributed by atoms with Crippen LogP contribution in [0.5, 0.6) is 0 Å². The van der Waals surface area contributed by atoms with Crippen LogP contribution in [-0.4, -0.2) is 37.0 Å². The van der Waals surface area contributed by atoms with E-state index in [0.717, 1.165) is 67.0 Å².